The molecule has 0 bridgehead atoms. The van der Waals surface area contributed by atoms with E-state index >= 15 is 0 Å². The highest BCUT2D eigenvalue weighted by atomic mass is 35.5. The highest BCUT2D eigenvalue weighted by molar-refractivity contribution is 6.31. The summed E-state index contributed by atoms with van der Waals surface area (Å²) < 4.78 is 0. The zero-order chi connectivity index (χ0) is 24.5. The lowest BCUT2D eigenvalue weighted by Crippen LogP contribution is -2.22. The lowest BCUT2D eigenvalue weighted by atomic mass is 10.1. The largest absolute Gasteiger partial charge is 0.395 e. The molecule has 0 unspecified atom stereocenters. The summed E-state index contributed by atoms with van der Waals surface area (Å²) in [5.74, 6) is -0.855. The Labute approximate surface area is 204 Å². The Balaban J connectivity index is 1.72. The molecule has 3 rings (SSSR count). The quantitative estimate of drug-likeness (QED) is 0.319. The van der Waals surface area contributed by atoms with Crippen molar-refractivity contribution in [3.63, 3.8) is 0 Å². The molecule has 0 atom stereocenters. The summed E-state index contributed by atoms with van der Waals surface area (Å²) in [6.07, 6.45) is 1.54. The number of aliphatic hydroxyl groups is 1. The Morgan fingerprint density at radius 1 is 1.06 bits per heavy atom. The van der Waals surface area contributed by atoms with E-state index in [1.54, 1.807) is 36.5 Å². The van der Waals surface area contributed by atoms with Crippen molar-refractivity contribution >= 4 is 35.3 Å². The maximum absolute atomic E-state index is 12.9. The van der Waals surface area contributed by atoms with Crippen LogP contribution >= 0.6 is 11.6 Å². The number of hydrogen-bond donors (Lipinski definition) is 3. The van der Waals surface area contributed by atoms with Crippen molar-refractivity contribution in [1.82, 2.24) is 10.3 Å². The normalized spacial score (nSPS) is 11.1. The number of rotatable bonds is 9. The topological polar surface area (TPSA) is 94.0 Å². The molecule has 0 saturated heterocycles. The number of amides is 2. The molecule has 3 N–H and O–H groups in total. The van der Waals surface area contributed by atoms with Crippen LogP contribution < -0.4 is 10.7 Å². The molecule has 34 heavy (non-hydrogen) atoms. The van der Waals surface area contributed by atoms with E-state index in [2.05, 4.69) is 15.8 Å². The fraction of sp³-hybridized carbons (Fsp3) is 0.192. The Kier molecular flexibility index (Phi) is 8.93. The summed E-state index contributed by atoms with van der Waals surface area (Å²) in [5, 5.41) is 16.2. The molecule has 0 aliphatic heterocycles. The number of halogens is 1. The summed E-state index contributed by atoms with van der Waals surface area (Å²) in [6.45, 7) is 3.18. The lowest BCUT2D eigenvalue weighted by Gasteiger charge is -2.16. The first-order chi connectivity index (χ1) is 16.4. The first kappa shape index (κ1) is 25.1. The van der Waals surface area contributed by atoms with Gasteiger partial charge in [-0.1, -0.05) is 53.6 Å². The van der Waals surface area contributed by atoms with Gasteiger partial charge >= 0.3 is 0 Å². The molecule has 0 spiro atoms. The van der Waals surface area contributed by atoms with E-state index < -0.39 is 5.91 Å². The standard InChI is InChI=1S/C26H27ClN4O3/c1-18-6-8-19(9-7-18)16-28-30-26(34)23-15-22(27)10-11-24(23)29-25(33)21-5-3-4-20(14-21)17-31(2)12-13-32/h3-11,14-16,32H,12-13,17H2,1-2H3,(H,29,33)(H,30,34)/b28-16+. The maximum Gasteiger partial charge on any atom is 0.273 e. The molecule has 7 nitrogen and oxygen atoms in total. The summed E-state index contributed by atoms with van der Waals surface area (Å²) in [7, 11) is 1.89. The number of nitrogens with one attached hydrogen (secondary N) is 2. The molecule has 8 heteroatoms. The van der Waals surface area contributed by atoms with Crippen LogP contribution in [-0.2, 0) is 6.54 Å². The van der Waals surface area contributed by atoms with Crippen LogP contribution in [0.4, 0.5) is 5.69 Å². The van der Waals surface area contributed by atoms with Crippen molar-refractivity contribution in [3.8, 4) is 0 Å². The number of likely N-dealkylation sites (N-methyl/N-ethyl adjacent to an activating group) is 1. The van der Waals surface area contributed by atoms with Gasteiger partial charge in [0.1, 0.15) is 0 Å². The Morgan fingerprint density at radius 3 is 2.56 bits per heavy atom. The van der Waals surface area contributed by atoms with Crippen LogP contribution in [0.15, 0.2) is 71.8 Å². The number of hydrazone groups is 1. The molecule has 0 aromatic heterocycles. The third-order valence-electron chi connectivity index (χ3n) is 5.05. The van der Waals surface area contributed by atoms with E-state index in [0.29, 0.717) is 29.4 Å². The molecule has 0 fully saturated rings. The smallest absolute Gasteiger partial charge is 0.273 e. The molecular formula is C26H27ClN4O3. The van der Waals surface area contributed by atoms with Gasteiger partial charge in [-0.05, 0) is 55.4 Å². The van der Waals surface area contributed by atoms with Crippen LogP contribution in [0.2, 0.25) is 5.02 Å². The van der Waals surface area contributed by atoms with E-state index in [9.17, 15) is 9.59 Å². The van der Waals surface area contributed by atoms with E-state index in [1.807, 2.05) is 49.2 Å². The van der Waals surface area contributed by atoms with Crippen LogP contribution in [0.25, 0.3) is 0 Å². The van der Waals surface area contributed by atoms with Crippen molar-refractivity contribution in [2.24, 2.45) is 5.10 Å². The summed E-state index contributed by atoms with van der Waals surface area (Å²) in [4.78, 5) is 27.6. The number of hydrogen-bond acceptors (Lipinski definition) is 5. The van der Waals surface area contributed by atoms with Gasteiger partial charge in [-0.15, -0.1) is 0 Å². The molecular weight excluding hydrogens is 452 g/mol. The van der Waals surface area contributed by atoms with Crippen LogP contribution in [0, 0.1) is 6.92 Å². The van der Waals surface area contributed by atoms with Crippen LogP contribution in [-0.4, -0.2) is 48.2 Å². The van der Waals surface area contributed by atoms with Gasteiger partial charge in [0, 0.05) is 23.7 Å². The molecule has 0 radical (unpaired) electrons. The van der Waals surface area contributed by atoms with Crippen LogP contribution in [0.5, 0.6) is 0 Å². The van der Waals surface area contributed by atoms with Crippen molar-refractivity contribution in [2.75, 3.05) is 25.5 Å². The fourth-order valence-electron chi connectivity index (χ4n) is 3.26. The van der Waals surface area contributed by atoms with Crippen LogP contribution in [0.3, 0.4) is 0 Å². The van der Waals surface area contributed by atoms with Gasteiger partial charge in [0.15, 0.2) is 0 Å². The molecule has 0 aliphatic carbocycles. The first-order valence-electron chi connectivity index (χ1n) is 10.7. The van der Waals surface area contributed by atoms with Gasteiger partial charge in [0.2, 0.25) is 0 Å². The van der Waals surface area contributed by atoms with E-state index in [4.69, 9.17) is 16.7 Å². The molecule has 176 valence electrons. The van der Waals surface area contributed by atoms with Crippen molar-refractivity contribution < 1.29 is 14.7 Å². The number of carbonyl (C=O) groups is 2. The monoisotopic (exact) mass is 478 g/mol. The van der Waals surface area contributed by atoms with E-state index in [0.717, 1.165) is 16.7 Å². The Hall–Kier alpha value is -3.52. The second kappa shape index (κ2) is 12.1. The van der Waals surface area contributed by atoms with Gasteiger partial charge in [-0.3, -0.25) is 14.5 Å². The fourth-order valence-corrected chi connectivity index (χ4v) is 3.43. The van der Waals surface area contributed by atoms with Gasteiger partial charge in [0.05, 0.1) is 24.1 Å². The molecule has 0 saturated carbocycles. The third-order valence-corrected chi connectivity index (χ3v) is 5.29. The minimum Gasteiger partial charge on any atom is -0.395 e. The van der Waals surface area contributed by atoms with Gasteiger partial charge < -0.3 is 10.4 Å². The molecule has 3 aromatic carbocycles. The summed E-state index contributed by atoms with van der Waals surface area (Å²) in [6, 6.07) is 19.6. The maximum atomic E-state index is 12.9. The zero-order valence-electron chi connectivity index (χ0n) is 19.1. The summed E-state index contributed by atoms with van der Waals surface area (Å²) in [5.41, 5.74) is 6.35. The van der Waals surface area contributed by atoms with Crippen molar-refractivity contribution in [3.05, 3.63) is 99.6 Å². The predicted molar refractivity (Wildman–Crippen MR) is 136 cm³/mol. The SMILES string of the molecule is Cc1ccc(/C=N/NC(=O)c2cc(Cl)ccc2NC(=O)c2cccc(CN(C)CCO)c2)cc1. The highest BCUT2D eigenvalue weighted by Crippen LogP contribution is 2.22. The highest BCUT2D eigenvalue weighted by Gasteiger charge is 2.15. The van der Waals surface area contributed by atoms with Gasteiger partial charge in [-0.2, -0.15) is 5.10 Å². The van der Waals surface area contributed by atoms with Gasteiger partial charge in [0.25, 0.3) is 11.8 Å². The lowest BCUT2D eigenvalue weighted by molar-refractivity contribution is 0.0956. The second-order valence-corrected chi connectivity index (χ2v) is 8.35. The number of nitrogens with zero attached hydrogens (tertiary/aromatic N) is 2. The third kappa shape index (κ3) is 7.25. The zero-order valence-corrected chi connectivity index (χ0v) is 19.8. The minimum absolute atomic E-state index is 0.0626. The van der Waals surface area contributed by atoms with E-state index in [1.165, 1.54) is 6.07 Å². The molecule has 0 aliphatic rings. The van der Waals surface area contributed by atoms with Gasteiger partial charge in [-0.25, -0.2) is 5.43 Å². The molecule has 0 heterocycles. The first-order valence-corrected chi connectivity index (χ1v) is 11.1. The Bertz CT molecular complexity index is 1180. The minimum atomic E-state index is -0.499. The average molecular weight is 479 g/mol. The second-order valence-electron chi connectivity index (χ2n) is 7.92. The average Bonchev–Trinajstić information content (AvgIpc) is 2.81. The Morgan fingerprint density at radius 2 is 1.82 bits per heavy atom. The number of aliphatic hydroxyl groups excluding tert-OH is 1. The van der Waals surface area contributed by atoms with Crippen molar-refractivity contribution in [2.45, 2.75) is 13.5 Å². The van der Waals surface area contributed by atoms with Crippen molar-refractivity contribution in [1.29, 1.82) is 0 Å². The summed E-state index contributed by atoms with van der Waals surface area (Å²) >= 11 is 6.10. The number of anilines is 1. The van der Waals surface area contributed by atoms with Crippen LogP contribution in [0.1, 0.15) is 37.4 Å². The van der Waals surface area contributed by atoms with E-state index in [-0.39, 0.29) is 18.1 Å². The number of aryl methyl sites for hydroxylation is 1. The predicted octanol–water partition coefficient (Wildman–Crippen LogP) is 4.09. The number of carbonyl (C=O) groups excluding carboxylic acids is 2. The molecule has 3 aromatic rings. The number of benzene rings is 3. The molecule has 2 amide bonds.